The number of nitrogens with one attached hydrogen (secondary N) is 2. The van der Waals surface area contributed by atoms with Gasteiger partial charge in [0.25, 0.3) is 11.8 Å². The number of hydrogen-bond acceptors (Lipinski definition) is 4. The maximum atomic E-state index is 12.7. The lowest BCUT2D eigenvalue weighted by molar-refractivity contribution is -0.136. The van der Waals surface area contributed by atoms with Gasteiger partial charge in [-0.1, -0.05) is 18.2 Å². The van der Waals surface area contributed by atoms with Gasteiger partial charge in [-0.05, 0) is 36.2 Å². The molecule has 8 nitrogen and oxygen atoms in total. The normalized spacial score (nSPS) is 18.1. The van der Waals surface area contributed by atoms with Gasteiger partial charge >= 0.3 is 0 Å². The van der Waals surface area contributed by atoms with E-state index in [0.29, 0.717) is 34.5 Å². The van der Waals surface area contributed by atoms with Crippen molar-refractivity contribution in [2.24, 2.45) is 0 Å². The molecule has 8 heteroatoms. The van der Waals surface area contributed by atoms with Crippen LogP contribution in [0.25, 0.3) is 4.85 Å². The molecule has 0 bridgehead atoms. The molecule has 2 heterocycles. The van der Waals surface area contributed by atoms with Gasteiger partial charge < -0.3 is 10.2 Å². The summed E-state index contributed by atoms with van der Waals surface area (Å²) in [6.45, 7) is 7.28. The van der Waals surface area contributed by atoms with Crippen LogP contribution < -0.4 is 10.6 Å². The molecular weight excluding hydrogens is 372 g/mol. The van der Waals surface area contributed by atoms with E-state index in [2.05, 4.69) is 15.5 Å². The summed E-state index contributed by atoms with van der Waals surface area (Å²) < 4.78 is 0. The minimum absolute atomic E-state index is 0.196. The van der Waals surface area contributed by atoms with E-state index in [1.165, 1.54) is 11.0 Å². The van der Waals surface area contributed by atoms with Crippen molar-refractivity contribution < 1.29 is 19.2 Å². The summed E-state index contributed by atoms with van der Waals surface area (Å²) in [5, 5.41) is 5.04. The van der Waals surface area contributed by atoms with Gasteiger partial charge in [0.2, 0.25) is 11.8 Å². The van der Waals surface area contributed by atoms with E-state index in [9.17, 15) is 19.2 Å². The van der Waals surface area contributed by atoms with E-state index in [4.69, 9.17) is 6.57 Å². The number of carbonyl (C=O) groups is 4. The second-order valence-electron chi connectivity index (χ2n) is 6.89. The van der Waals surface area contributed by atoms with Crippen LogP contribution in [-0.2, 0) is 16.1 Å². The molecule has 2 N–H and O–H groups in total. The molecule has 2 aliphatic heterocycles. The number of fused-ring (bicyclic) bond motifs is 1. The zero-order valence-electron chi connectivity index (χ0n) is 15.3. The number of rotatable bonds is 3. The first-order valence-corrected chi connectivity index (χ1v) is 9.03. The number of imide groups is 1. The summed E-state index contributed by atoms with van der Waals surface area (Å²) in [7, 11) is 0. The summed E-state index contributed by atoms with van der Waals surface area (Å²) in [6.07, 6.45) is 0.493. The predicted molar refractivity (Wildman–Crippen MR) is 103 cm³/mol. The van der Waals surface area contributed by atoms with Crippen LogP contribution in [0, 0.1) is 6.57 Å². The summed E-state index contributed by atoms with van der Waals surface area (Å²) in [6, 6.07) is 10.7. The second-order valence-corrected chi connectivity index (χ2v) is 6.89. The number of carbonyl (C=O) groups excluding carboxylic acids is 4. The highest BCUT2D eigenvalue weighted by Gasteiger charge is 2.39. The second kappa shape index (κ2) is 7.20. The molecule has 4 rings (SSSR count). The Morgan fingerprint density at radius 3 is 2.76 bits per heavy atom. The highest BCUT2D eigenvalue weighted by molar-refractivity contribution is 6.07. The van der Waals surface area contributed by atoms with Crippen molar-refractivity contribution >= 4 is 35.0 Å². The van der Waals surface area contributed by atoms with Crippen LogP contribution >= 0.6 is 0 Å². The van der Waals surface area contributed by atoms with Crippen molar-refractivity contribution in [1.82, 2.24) is 10.2 Å². The summed E-state index contributed by atoms with van der Waals surface area (Å²) in [4.78, 5) is 53.4. The van der Waals surface area contributed by atoms with Crippen LogP contribution in [0.1, 0.15) is 39.1 Å². The Morgan fingerprint density at radius 1 is 1.17 bits per heavy atom. The highest BCUT2D eigenvalue weighted by Crippen LogP contribution is 2.29. The van der Waals surface area contributed by atoms with Crippen LogP contribution in [0.2, 0.25) is 0 Å². The third kappa shape index (κ3) is 3.46. The fraction of sp³-hybridized carbons (Fsp3) is 0.190. The highest BCUT2D eigenvalue weighted by atomic mass is 16.2. The van der Waals surface area contributed by atoms with E-state index in [0.717, 1.165) is 0 Å². The molecule has 0 radical (unpaired) electrons. The molecule has 2 aromatic carbocycles. The minimum Gasteiger partial charge on any atom is -0.322 e. The van der Waals surface area contributed by atoms with Crippen molar-refractivity contribution in [2.45, 2.75) is 25.4 Å². The Kier molecular flexibility index (Phi) is 4.56. The zero-order valence-corrected chi connectivity index (χ0v) is 15.3. The number of benzene rings is 2. The van der Waals surface area contributed by atoms with Gasteiger partial charge in [0.05, 0.1) is 6.57 Å². The number of amides is 4. The molecule has 2 aromatic rings. The number of nitrogens with zero attached hydrogens (tertiary/aromatic N) is 2. The Labute approximate surface area is 166 Å². The van der Waals surface area contributed by atoms with Gasteiger partial charge in [0.15, 0.2) is 5.69 Å². The first-order chi connectivity index (χ1) is 14.0. The SMILES string of the molecule is [C-]#[N+]c1cccc(C(=O)Nc2ccc3c(c2)CN(C2CCC(=O)NC2=O)C3=O)c1. The van der Waals surface area contributed by atoms with Crippen molar-refractivity contribution in [1.29, 1.82) is 0 Å². The van der Waals surface area contributed by atoms with Gasteiger partial charge in [0, 0.05) is 29.8 Å². The molecule has 1 saturated heterocycles. The van der Waals surface area contributed by atoms with E-state index in [1.807, 2.05) is 0 Å². The van der Waals surface area contributed by atoms with E-state index >= 15 is 0 Å². The maximum absolute atomic E-state index is 12.7. The fourth-order valence-corrected chi connectivity index (χ4v) is 3.57. The van der Waals surface area contributed by atoms with Gasteiger partial charge in [-0.3, -0.25) is 24.5 Å². The minimum atomic E-state index is -0.679. The number of piperidine rings is 1. The van der Waals surface area contributed by atoms with Crippen LogP contribution in [0.15, 0.2) is 42.5 Å². The Hall–Kier alpha value is -3.99. The third-order valence-electron chi connectivity index (χ3n) is 5.02. The molecule has 4 amide bonds. The van der Waals surface area contributed by atoms with Crippen molar-refractivity contribution in [3.63, 3.8) is 0 Å². The average molecular weight is 388 g/mol. The quantitative estimate of drug-likeness (QED) is 0.622. The molecule has 0 aliphatic carbocycles. The molecule has 0 aromatic heterocycles. The van der Waals surface area contributed by atoms with Crippen LogP contribution in [0.3, 0.4) is 0 Å². The summed E-state index contributed by atoms with van der Waals surface area (Å²) in [5.74, 6) is -1.42. The molecule has 1 atom stereocenters. The van der Waals surface area contributed by atoms with E-state index in [1.54, 1.807) is 36.4 Å². The molecular formula is C21H16N4O4. The van der Waals surface area contributed by atoms with Crippen molar-refractivity contribution in [3.8, 4) is 0 Å². The number of hydrogen-bond donors (Lipinski definition) is 2. The average Bonchev–Trinajstić information content (AvgIpc) is 3.03. The zero-order chi connectivity index (χ0) is 20.5. The monoisotopic (exact) mass is 388 g/mol. The molecule has 1 unspecified atom stereocenters. The molecule has 29 heavy (non-hydrogen) atoms. The Bertz CT molecular complexity index is 1100. The lowest BCUT2D eigenvalue weighted by Crippen LogP contribution is -2.52. The molecule has 0 saturated carbocycles. The van der Waals surface area contributed by atoms with Crippen molar-refractivity contribution in [2.75, 3.05) is 5.32 Å². The largest absolute Gasteiger partial charge is 0.322 e. The molecule has 2 aliphatic rings. The van der Waals surface area contributed by atoms with Gasteiger partial charge in [-0.2, -0.15) is 0 Å². The van der Waals surface area contributed by atoms with Gasteiger partial charge in [-0.15, -0.1) is 0 Å². The van der Waals surface area contributed by atoms with Crippen LogP contribution in [0.5, 0.6) is 0 Å². The molecule has 1 fully saturated rings. The van der Waals surface area contributed by atoms with E-state index < -0.39 is 11.9 Å². The lowest BCUT2D eigenvalue weighted by Gasteiger charge is -2.29. The molecule has 0 spiro atoms. The smallest absolute Gasteiger partial charge is 0.255 e. The topological polar surface area (TPSA) is 99.9 Å². The predicted octanol–water partition coefficient (Wildman–Crippen LogP) is 2.25. The van der Waals surface area contributed by atoms with Crippen molar-refractivity contribution in [3.05, 3.63) is 70.6 Å². The van der Waals surface area contributed by atoms with E-state index in [-0.39, 0.29) is 30.7 Å². The summed E-state index contributed by atoms with van der Waals surface area (Å²) in [5.41, 5.74) is 2.42. The third-order valence-corrected chi connectivity index (χ3v) is 5.02. The van der Waals surface area contributed by atoms with Crippen LogP contribution in [0.4, 0.5) is 11.4 Å². The maximum Gasteiger partial charge on any atom is 0.255 e. The van der Waals surface area contributed by atoms with Crippen LogP contribution in [-0.4, -0.2) is 34.6 Å². The van der Waals surface area contributed by atoms with Gasteiger partial charge in [-0.25, -0.2) is 4.85 Å². The Morgan fingerprint density at radius 2 is 2.00 bits per heavy atom. The Balaban J connectivity index is 1.51. The first-order valence-electron chi connectivity index (χ1n) is 9.03. The first kappa shape index (κ1) is 18.4. The number of anilines is 1. The lowest BCUT2D eigenvalue weighted by atomic mass is 10.0. The summed E-state index contributed by atoms with van der Waals surface area (Å²) >= 11 is 0. The van der Waals surface area contributed by atoms with Gasteiger partial charge in [0.1, 0.15) is 6.04 Å². The fourth-order valence-electron chi connectivity index (χ4n) is 3.57. The molecule has 144 valence electrons. The standard InChI is InChI=1S/C21H16N4O4/c1-22-14-4-2-3-12(9-14)19(27)23-15-5-6-16-13(10-15)11-25(21(16)29)17-7-8-18(26)24-20(17)28/h2-6,9-10,17H,7-8,11H2,(H,23,27)(H,24,26,28).